The summed E-state index contributed by atoms with van der Waals surface area (Å²) in [6, 6.07) is 11.0. The van der Waals surface area contributed by atoms with Gasteiger partial charge in [0.25, 0.3) is 11.8 Å². The maximum atomic E-state index is 12.3. The van der Waals surface area contributed by atoms with E-state index in [9.17, 15) is 22.8 Å². The molecule has 0 aromatic heterocycles. The predicted octanol–water partition coefficient (Wildman–Crippen LogP) is 0.979. The number of rotatable bonds is 7. The highest BCUT2D eigenvalue weighted by Crippen LogP contribution is 2.23. The second kappa shape index (κ2) is 7.89. The van der Waals surface area contributed by atoms with Crippen molar-refractivity contribution in [2.75, 3.05) is 20.3 Å². The topological polar surface area (TPSA) is 119 Å². The summed E-state index contributed by atoms with van der Waals surface area (Å²) < 4.78 is 31.3. The van der Waals surface area contributed by atoms with Crippen LogP contribution in [0, 0.1) is 0 Å². The van der Waals surface area contributed by atoms with E-state index in [2.05, 4.69) is 4.72 Å². The third-order valence-electron chi connectivity index (χ3n) is 3.93. The zero-order chi connectivity index (χ0) is 20.3. The number of hydroxylamine groups is 2. The van der Waals surface area contributed by atoms with E-state index in [-0.39, 0.29) is 34.7 Å². The molecule has 1 aliphatic rings. The Labute approximate surface area is 160 Å². The van der Waals surface area contributed by atoms with Crippen LogP contribution in [0.5, 0.6) is 0 Å². The minimum atomic E-state index is -3.75. The van der Waals surface area contributed by atoms with Gasteiger partial charge < -0.3 is 9.57 Å². The zero-order valence-electron chi connectivity index (χ0n) is 14.7. The lowest BCUT2D eigenvalue weighted by molar-refractivity contribution is -0.0584. The summed E-state index contributed by atoms with van der Waals surface area (Å²) in [5.41, 5.74) is 0.264. The van der Waals surface area contributed by atoms with Crippen molar-refractivity contribution in [1.29, 1.82) is 0 Å². The van der Waals surface area contributed by atoms with E-state index in [0.29, 0.717) is 5.06 Å². The van der Waals surface area contributed by atoms with Crippen LogP contribution < -0.4 is 4.72 Å². The number of carbonyl (C=O) groups excluding carboxylic acids is 3. The molecule has 28 heavy (non-hydrogen) atoms. The number of amides is 2. The van der Waals surface area contributed by atoms with Crippen LogP contribution in [-0.2, 0) is 19.6 Å². The van der Waals surface area contributed by atoms with Gasteiger partial charge in [0.2, 0.25) is 10.0 Å². The lowest BCUT2D eigenvalue weighted by atomic mass is 10.1. The van der Waals surface area contributed by atoms with Gasteiger partial charge in [-0.3, -0.25) is 9.59 Å². The van der Waals surface area contributed by atoms with E-state index < -0.39 is 27.8 Å². The number of hydrogen-bond acceptors (Lipinski definition) is 7. The quantitative estimate of drug-likeness (QED) is 0.540. The smallest absolute Gasteiger partial charge is 0.363 e. The maximum Gasteiger partial charge on any atom is 0.363 e. The molecule has 0 saturated carbocycles. The molecule has 0 aliphatic carbocycles. The number of sulfonamides is 1. The van der Waals surface area contributed by atoms with Crippen LogP contribution >= 0.6 is 0 Å². The summed E-state index contributed by atoms with van der Waals surface area (Å²) in [4.78, 5) is 41.6. The molecule has 1 aliphatic heterocycles. The normalized spacial score (nSPS) is 13.5. The first-order valence-electron chi connectivity index (χ1n) is 8.14. The molecular weight excluding hydrogens is 388 g/mol. The Balaban J connectivity index is 1.71. The Morgan fingerprint density at radius 3 is 2.11 bits per heavy atom. The summed E-state index contributed by atoms with van der Waals surface area (Å²) in [6.45, 7) is 0.312. The molecule has 3 rings (SSSR count). The third-order valence-corrected chi connectivity index (χ3v) is 5.41. The van der Waals surface area contributed by atoms with Gasteiger partial charge in [0.05, 0.1) is 28.2 Å². The summed E-state index contributed by atoms with van der Waals surface area (Å²) in [7, 11) is -2.30. The van der Waals surface area contributed by atoms with E-state index in [0.717, 1.165) is 0 Å². The molecule has 0 bridgehead atoms. The molecule has 1 N–H and O–H groups in total. The van der Waals surface area contributed by atoms with Crippen LogP contribution in [0.2, 0.25) is 0 Å². The molecule has 0 spiro atoms. The van der Waals surface area contributed by atoms with E-state index in [1.165, 1.54) is 43.5 Å². The summed E-state index contributed by atoms with van der Waals surface area (Å²) in [5.74, 6) is -2.45. The first kappa shape index (κ1) is 19.7. The van der Waals surface area contributed by atoms with Crippen molar-refractivity contribution in [3.05, 3.63) is 65.2 Å². The van der Waals surface area contributed by atoms with Crippen molar-refractivity contribution >= 4 is 27.8 Å². The van der Waals surface area contributed by atoms with Crippen molar-refractivity contribution < 1.29 is 32.4 Å². The van der Waals surface area contributed by atoms with Crippen LogP contribution in [-0.4, -0.2) is 51.5 Å². The maximum absolute atomic E-state index is 12.3. The molecule has 0 saturated heterocycles. The highest BCUT2D eigenvalue weighted by atomic mass is 32.2. The molecule has 146 valence electrons. The van der Waals surface area contributed by atoms with Gasteiger partial charge in [-0.1, -0.05) is 17.2 Å². The number of imide groups is 1. The average molecular weight is 404 g/mol. The standard InChI is InChI=1S/C18H16N2O7S/c1-26-11-10-19-28(24,25)13-8-6-12(7-9-13)18(23)27-20-16(21)14-4-2-3-5-15(14)17(20)22/h2-9,19H,10-11H2,1H3. The van der Waals surface area contributed by atoms with E-state index in [1.807, 2.05) is 0 Å². The number of ether oxygens (including phenoxy) is 1. The van der Waals surface area contributed by atoms with Crippen LogP contribution in [0.1, 0.15) is 31.1 Å². The van der Waals surface area contributed by atoms with Crippen molar-refractivity contribution in [2.24, 2.45) is 0 Å². The highest BCUT2D eigenvalue weighted by Gasteiger charge is 2.38. The summed E-state index contributed by atoms with van der Waals surface area (Å²) >= 11 is 0. The van der Waals surface area contributed by atoms with Gasteiger partial charge in [-0.05, 0) is 36.4 Å². The zero-order valence-corrected chi connectivity index (χ0v) is 15.6. The molecule has 2 amide bonds. The molecule has 2 aromatic carbocycles. The first-order valence-corrected chi connectivity index (χ1v) is 9.62. The average Bonchev–Trinajstić information content (AvgIpc) is 2.93. The number of fused-ring (bicyclic) bond motifs is 1. The SMILES string of the molecule is COCCNS(=O)(=O)c1ccc(C(=O)ON2C(=O)c3ccccc3C2=O)cc1. The molecular formula is C18H16N2O7S. The van der Waals surface area contributed by atoms with Gasteiger partial charge >= 0.3 is 5.97 Å². The Bertz CT molecular complexity index is 997. The van der Waals surface area contributed by atoms with E-state index in [4.69, 9.17) is 9.57 Å². The predicted molar refractivity (Wildman–Crippen MR) is 95.9 cm³/mol. The number of nitrogens with zero attached hydrogens (tertiary/aromatic N) is 1. The van der Waals surface area contributed by atoms with Crippen molar-refractivity contribution in [3.63, 3.8) is 0 Å². The minimum Gasteiger partial charge on any atom is -0.383 e. The number of nitrogens with one attached hydrogen (secondary N) is 1. The Kier molecular flexibility index (Phi) is 5.54. The van der Waals surface area contributed by atoms with Crippen LogP contribution in [0.25, 0.3) is 0 Å². The largest absolute Gasteiger partial charge is 0.383 e. The van der Waals surface area contributed by atoms with Gasteiger partial charge in [0, 0.05) is 13.7 Å². The Hall–Kier alpha value is -3.08. The number of hydrogen-bond donors (Lipinski definition) is 1. The fraction of sp³-hybridized carbons (Fsp3) is 0.167. The van der Waals surface area contributed by atoms with Crippen molar-refractivity contribution in [3.8, 4) is 0 Å². The molecule has 0 radical (unpaired) electrons. The van der Waals surface area contributed by atoms with E-state index >= 15 is 0 Å². The van der Waals surface area contributed by atoms with Crippen LogP contribution in [0.4, 0.5) is 0 Å². The molecule has 0 fully saturated rings. The van der Waals surface area contributed by atoms with Crippen molar-refractivity contribution in [1.82, 2.24) is 9.79 Å². The van der Waals surface area contributed by atoms with Gasteiger partial charge in [-0.15, -0.1) is 0 Å². The number of benzene rings is 2. The van der Waals surface area contributed by atoms with Gasteiger partial charge in [0.15, 0.2) is 0 Å². The lowest BCUT2D eigenvalue weighted by Crippen LogP contribution is -2.32. The van der Waals surface area contributed by atoms with Crippen LogP contribution in [0.15, 0.2) is 53.4 Å². The van der Waals surface area contributed by atoms with Gasteiger partial charge in [0.1, 0.15) is 0 Å². The third kappa shape index (κ3) is 3.79. The highest BCUT2D eigenvalue weighted by molar-refractivity contribution is 7.89. The first-order chi connectivity index (χ1) is 13.3. The van der Waals surface area contributed by atoms with E-state index in [1.54, 1.807) is 12.1 Å². The van der Waals surface area contributed by atoms with Crippen LogP contribution in [0.3, 0.4) is 0 Å². The molecule has 2 aromatic rings. The number of methoxy groups -OCH3 is 1. The second-order valence-electron chi connectivity index (χ2n) is 5.74. The van der Waals surface area contributed by atoms with Crippen molar-refractivity contribution in [2.45, 2.75) is 4.90 Å². The Morgan fingerprint density at radius 1 is 1.00 bits per heavy atom. The Morgan fingerprint density at radius 2 is 1.57 bits per heavy atom. The molecule has 0 unspecified atom stereocenters. The summed E-state index contributed by atoms with van der Waals surface area (Å²) in [5, 5.41) is 0.393. The van der Waals surface area contributed by atoms with Gasteiger partial charge in [-0.2, -0.15) is 0 Å². The summed E-state index contributed by atoms with van der Waals surface area (Å²) in [6.07, 6.45) is 0. The molecule has 1 heterocycles. The number of carbonyl (C=O) groups is 3. The molecule has 9 nitrogen and oxygen atoms in total. The fourth-order valence-corrected chi connectivity index (χ4v) is 3.53. The monoisotopic (exact) mass is 404 g/mol. The lowest BCUT2D eigenvalue weighted by Gasteiger charge is -2.13. The van der Waals surface area contributed by atoms with Gasteiger partial charge in [-0.25, -0.2) is 17.9 Å². The fourth-order valence-electron chi connectivity index (χ4n) is 2.52. The molecule has 0 atom stereocenters. The minimum absolute atomic E-state index is 0.0209. The molecule has 10 heteroatoms. The second-order valence-corrected chi connectivity index (χ2v) is 7.51.